The van der Waals surface area contributed by atoms with Gasteiger partial charge in [-0.2, -0.15) is 0 Å². The van der Waals surface area contributed by atoms with Gasteiger partial charge < -0.3 is 0 Å². The summed E-state index contributed by atoms with van der Waals surface area (Å²) in [5, 5.41) is 0. The zero-order chi connectivity index (χ0) is 7.56. The Labute approximate surface area is 55.2 Å². The van der Waals surface area contributed by atoms with Gasteiger partial charge in [0.15, 0.2) is 0 Å². The van der Waals surface area contributed by atoms with Gasteiger partial charge in [0, 0.05) is 12.3 Å². The molecule has 10 heavy (non-hydrogen) atoms. The van der Waals surface area contributed by atoms with Crippen LogP contribution < -0.4 is 22.6 Å². The maximum absolute atomic E-state index is 10.6. The van der Waals surface area contributed by atoms with Gasteiger partial charge in [0.05, 0.1) is 0 Å². The number of hydrogen-bond donors (Lipinski definition) is 3. The molecule has 0 radical (unpaired) electrons. The lowest BCUT2D eigenvalue weighted by atomic mass is 10.7. The van der Waals surface area contributed by atoms with Crippen LogP contribution in [-0.2, 0) is 0 Å². The molecule has 0 aromatic carbocycles. The van der Waals surface area contributed by atoms with Gasteiger partial charge in [-0.3, -0.25) is 15.3 Å². The van der Waals surface area contributed by atoms with Gasteiger partial charge in [-0.25, -0.2) is 15.3 Å². The van der Waals surface area contributed by atoms with Crippen LogP contribution in [0.5, 0.6) is 0 Å². The molecule has 1 rings (SSSR count). The van der Waals surface area contributed by atoms with Crippen molar-refractivity contribution in [2.75, 3.05) is 5.53 Å². The molecule has 1 heterocycles. The van der Waals surface area contributed by atoms with E-state index >= 15 is 0 Å². The number of nitrogens with zero attached hydrogens (tertiary/aromatic N) is 1. The Morgan fingerprint density at radius 3 is 2.80 bits per heavy atom. The summed E-state index contributed by atoms with van der Waals surface area (Å²) in [6, 6.07) is 1.18. The first-order valence-corrected chi connectivity index (χ1v) is 2.52. The van der Waals surface area contributed by atoms with Crippen molar-refractivity contribution >= 4 is 0 Å². The molecule has 0 aliphatic rings. The van der Waals surface area contributed by atoms with Crippen LogP contribution in [0.15, 0.2) is 21.9 Å². The van der Waals surface area contributed by atoms with Crippen LogP contribution in [0.25, 0.3) is 0 Å². The maximum Gasteiger partial charge on any atom is 0.348 e. The Morgan fingerprint density at radius 2 is 2.30 bits per heavy atom. The number of H-pyrrole nitrogens is 1. The lowest BCUT2D eigenvalue weighted by Gasteiger charge is -1.98. The monoisotopic (exact) mass is 142 g/mol. The molecular formula is C4H6N4O2. The van der Waals surface area contributed by atoms with E-state index < -0.39 is 11.2 Å². The molecule has 0 saturated heterocycles. The van der Waals surface area contributed by atoms with Crippen LogP contribution in [0.4, 0.5) is 0 Å². The minimum Gasteiger partial charge on any atom is -0.273 e. The van der Waals surface area contributed by atoms with Crippen molar-refractivity contribution in [3.63, 3.8) is 0 Å². The topological polar surface area (TPSA) is 92.9 Å². The lowest BCUT2D eigenvalue weighted by molar-refractivity contribution is 0.784. The first-order chi connectivity index (χ1) is 4.74. The molecule has 0 fully saturated rings. The standard InChI is InChI=1S/C4H6N4O2/c5-7-8-2-1-3(9)6-4(8)10/h1-2,7H,5H2,(H,6,9,10). The third kappa shape index (κ3) is 1.06. The van der Waals surface area contributed by atoms with Crippen molar-refractivity contribution < 1.29 is 0 Å². The van der Waals surface area contributed by atoms with Crippen LogP contribution in [0, 0.1) is 0 Å². The Bertz CT molecular complexity index is 325. The number of aromatic nitrogens is 2. The quantitative estimate of drug-likeness (QED) is 0.311. The second-order valence-corrected chi connectivity index (χ2v) is 1.61. The van der Waals surface area contributed by atoms with Crippen molar-refractivity contribution in [2.45, 2.75) is 0 Å². The number of hydrogen-bond acceptors (Lipinski definition) is 4. The van der Waals surface area contributed by atoms with E-state index in [9.17, 15) is 9.59 Å². The first kappa shape index (κ1) is 6.56. The number of nitrogens with one attached hydrogen (secondary N) is 2. The molecule has 54 valence electrons. The SMILES string of the molecule is NNn1ccc(=O)[nH]c1=O. The highest BCUT2D eigenvalue weighted by atomic mass is 16.2. The van der Waals surface area contributed by atoms with E-state index in [0.717, 1.165) is 4.68 Å². The van der Waals surface area contributed by atoms with E-state index in [1.165, 1.54) is 12.3 Å². The van der Waals surface area contributed by atoms with Gasteiger partial charge in [-0.05, 0) is 0 Å². The maximum atomic E-state index is 10.6. The van der Waals surface area contributed by atoms with Crippen molar-refractivity contribution in [1.29, 1.82) is 0 Å². The number of aromatic amines is 1. The predicted molar refractivity (Wildman–Crippen MR) is 34.9 cm³/mol. The van der Waals surface area contributed by atoms with Gasteiger partial charge >= 0.3 is 5.69 Å². The van der Waals surface area contributed by atoms with E-state index in [4.69, 9.17) is 5.84 Å². The Morgan fingerprint density at radius 1 is 1.60 bits per heavy atom. The zero-order valence-corrected chi connectivity index (χ0v) is 5.00. The minimum absolute atomic E-state index is 0.448. The minimum atomic E-state index is -0.588. The van der Waals surface area contributed by atoms with Gasteiger partial charge in [-0.1, -0.05) is 0 Å². The predicted octanol–water partition coefficient (Wildman–Crippen LogP) is -2.05. The molecule has 0 bridgehead atoms. The van der Waals surface area contributed by atoms with Crippen LogP contribution in [0.2, 0.25) is 0 Å². The van der Waals surface area contributed by atoms with Crippen LogP contribution >= 0.6 is 0 Å². The van der Waals surface area contributed by atoms with Crippen LogP contribution in [0.1, 0.15) is 0 Å². The zero-order valence-electron chi connectivity index (χ0n) is 5.00. The molecule has 0 amide bonds. The summed E-state index contributed by atoms with van der Waals surface area (Å²) in [6.07, 6.45) is 1.24. The fraction of sp³-hybridized carbons (Fsp3) is 0. The normalized spacial score (nSPS) is 9.30. The first-order valence-electron chi connectivity index (χ1n) is 2.52. The molecule has 1 aromatic rings. The summed E-state index contributed by atoms with van der Waals surface area (Å²) >= 11 is 0. The van der Waals surface area contributed by atoms with Crippen molar-refractivity contribution in [1.82, 2.24) is 9.66 Å². The number of hydrazine groups is 1. The van der Waals surface area contributed by atoms with Crippen molar-refractivity contribution in [3.05, 3.63) is 33.1 Å². The summed E-state index contributed by atoms with van der Waals surface area (Å²) in [4.78, 5) is 23.1. The van der Waals surface area contributed by atoms with Crippen molar-refractivity contribution in [3.8, 4) is 0 Å². The largest absolute Gasteiger partial charge is 0.348 e. The Kier molecular flexibility index (Phi) is 1.55. The summed E-state index contributed by atoms with van der Waals surface area (Å²) < 4.78 is 0.946. The summed E-state index contributed by atoms with van der Waals surface area (Å²) in [5.74, 6) is 4.89. The summed E-state index contributed by atoms with van der Waals surface area (Å²) in [7, 11) is 0. The van der Waals surface area contributed by atoms with E-state index in [0.29, 0.717) is 0 Å². The molecule has 6 nitrogen and oxygen atoms in total. The van der Waals surface area contributed by atoms with E-state index in [-0.39, 0.29) is 0 Å². The van der Waals surface area contributed by atoms with Gasteiger partial charge in [0.2, 0.25) is 0 Å². The highest BCUT2D eigenvalue weighted by Crippen LogP contribution is 1.61. The third-order valence-corrected chi connectivity index (χ3v) is 0.963. The van der Waals surface area contributed by atoms with Crippen molar-refractivity contribution in [2.24, 2.45) is 5.84 Å². The average Bonchev–Trinajstić information content (AvgIpc) is 1.88. The molecule has 1 aromatic heterocycles. The molecular weight excluding hydrogens is 136 g/mol. The van der Waals surface area contributed by atoms with Crippen LogP contribution in [-0.4, -0.2) is 9.66 Å². The molecule has 0 saturated carbocycles. The molecule has 0 aliphatic heterocycles. The summed E-state index contributed by atoms with van der Waals surface area (Å²) in [5.41, 5.74) is 1.02. The van der Waals surface area contributed by atoms with E-state index in [2.05, 4.69) is 5.53 Å². The molecule has 0 unspecified atom stereocenters. The number of rotatable bonds is 1. The second kappa shape index (κ2) is 2.36. The van der Waals surface area contributed by atoms with E-state index in [1.807, 2.05) is 4.98 Å². The Balaban J connectivity index is 3.34. The fourth-order valence-electron chi connectivity index (χ4n) is 0.519. The highest BCUT2D eigenvalue weighted by molar-refractivity contribution is 4.83. The molecule has 0 atom stereocenters. The second-order valence-electron chi connectivity index (χ2n) is 1.61. The molecule has 4 N–H and O–H groups in total. The lowest BCUT2D eigenvalue weighted by Crippen LogP contribution is -2.37. The third-order valence-electron chi connectivity index (χ3n) is 0.963. The fourth-order valence-corrected chi connectivity index (χ4v) is 0.519. The molecule has 6 heteroatoms. The smallest absolute Gasteiger partial charge is 0.273 e. The van der Waals surface area contributed by atoms with Gasteiger partial charge in [0.25, 0.3) is 5.56 Å². The molecule has 0 spiro atoms. The van der Waals surface area contributed by atoms with Gasteiger partial charge in [0.1, 0.15) is 0 Å². The highest BCUT2D eigenvalue weighted by Gasteiger charge is 1.89. The summed E-state index contributed by atoms with van der Waals surface area (Å²) in [6.45, 7) is 0. The Hall–Kier alpha value is -1.56. The average molecular weight is 142 g/mol. The van der Waals surface area contributed by atoms with Crippen LogP contribution in [0.3, 0.4) is 0 Å². The molecule has 0 aliphatic carbocycles. The number of nitrogen functional groups attached to an aromatic ring is 1. The van der Waals surface area contributed by atoms with E-state index in [1.54, 1.807) is 0 Å². The van der Waals surface area contributed by atoms with Gasteiger partial charge in [-0.15, -0.1) is 0 Å². The number of nitrogens with two attached hydrogens (primary N) is 1.